The van der Waals surface area contributed by atoms with Gasteiger partial charge in [0.05, 0.1) is 5.92 Å². The zero-order valence-electron chi connectivity index (χ0n) is 12.0. The van der Waals surface area contributed by atoms with Gasteiger partial charge < -0.3 is 4.90 Å². The molecule has 2 saturated heterocycles. The maximum atomic E-state index is 12.5. The topological polar surface area (TPSA) is 57.7 Å². The predicted molar refractivity (Wildman–Crippen MR) is 79.0 cm³/mol. The molecule has 2 heterocycles. The minimum absolute atomic E-state index is 0.153. The lowest BCUT2D eigenvalue weighted by molar-refractivity contribution is -0.169. The van der Waals surface area contributed by atoms with Crippen molar-refractivity contribution >= 4 is 17.7 Å². The fraction of sp³-hybridized carbons (Fsp3) is 0.438. The van der Waals surface area contributed by atoms with E-state index in [9.17, 15) is 14.4 Å². The van der Waals surface area contributed by atoms with E-state index >= 15 is 0 Å². The van der Waals surface area contributed by atoms with Crippen molar-refractivity contribution in [2.45, 2.75) is 18.9 Å². The number of likely N-dealkylation sites (tertiary alicyclic amines) is 2. The number of rotatable bonds is 6. The second-order valence-electron chi connectivity index (χ2n) is 5.34. The molecule has 0 N–H and O–H groups in total. The molecule has 0 aromatic carbocycles. The lowest BCUT2D eigenvalue weighted by atomic mass is 9.76. The molecule has 112 valence electrons. The van der Waals surface area contributed by atoms with E-state index in [1.54, 1.807) is 17.1 Å². The van der Waals surface area contributed by atoms with Crippen molar-refractivity contribution in [2.75, 3.05) is 13.1 Å². The molecule has 2 fully saturated rings. The highest BCUT2D eigenvalue weighted by Gasteiger charge is 2.53. The van der Waals surface area contributed by atoms with Crippen molar-refractivity contribution in [1.82, 2.24) is 9.80 Å². The molecule has 0 radical (unpaired) electrons. The molecule has 0 saturated carbocycles. The highest BCUT2D eigenvalue weighted by molar-refractivity contribution is 6.11. The molecule has 0 spiro atoms. The number of hydrogen-bond donors (Lipinski definition) is 0. The molecule has 2 aliphatic heterocycles. The number of hydrogen-bond acceptors (Lipinski definition) is 3. The van der Waals surface area contributed by atoms with Crippen LogP contribution in [-0.4, -0.2) is 46.7 Å². The normalized spacial score (nSPS) is 28.6. The van der Waals surface area contributed by atoms with Gasteiger partial charge in [-0.15, -0.1) is 19.7 Å². The lowest BCUT2D eigenvalue weighted by Gasteiger charge is -2.47. The summed E-state index contributed by atoms with van der Waals surface area (Å²) in [4.78, 5) is 40.1. The number of nitrogens with zero attached hydrogens (tertiary/aromatic N) is 2. The van der Waals surface area contributed by atoms with Crippen molar-refractivity contribution in [1.29, 1.82) is 0 Å². The van der Waals surface area contributed by atoms with Gasteiger partial charge in [0.2, 0.25) is 17.7 Å². The van der Waals surface area contributed by atoms with E-state index in [1.165, 1.54) is 6.08 Å². The summed E-state index contributed by atoms with van der Waals surface area (Å²) in [5.74, 6) is -1.96. The summed E-state index contributed by atoms with van der Waals surface area (Å²) in [5.41, 5.74) is 0. The number of amides is 3. The Morgan fingerprint density at radius 3 is 2.19 bits per heavy atom. The molecule has 5 heteroatoms. The molecule has 2 rings (SSSR count). The van der Waals surface area contributed by atoms with Crippen molar-refractivity contribution in [2.24, 2.45) is 11.8 Å². The van der Waals surface area contributed by atoms with Crippen LogP contribution in [0.2, 0.25) is 0 Å². The Kier molecular flexibility index (Phi) is 4.40. The third kappa shape index (κ3) is 2.44. The minimum Gasteiger partial charge on any atom is -0.334 e. The molecular weight excluding hydrogens is 268 g/mol. The van der Waals surface area contributed by atoms with E-state index in [0.29, 0.717) is 19.4 Å². The molecule has 2 bridgehead atoms. The van der Waals surface area contributed by atoms with E-state index < -0.39 is 11.8 Å². The molecular formula is C16H20N2O3. The van der Waals surface area contributed by atoms with Crippen LogP contribution in [0.4, 0.5) is 0 Å². The first kappa shape index (κ1) is 15.2. The molecule has 3 atom stereocenters. The maximum absolute atomic E-state index is 12.5. The van der Waals surface area contributed by atoms with E-state index in [1.807, 2.05) is 0 Å². The van der Waals surface area contributed by atoms with Crippen LogP contribution in [0, 0.1) is 11.8 Å². The molecule has 21 heavy (non-hydrogen) atoms. The van der Waals surface area contributed by atoms with Gasteiger partial charge in [0.25, 0.3) is 0 Å². The fourth-order valence-electron chi connectivity index (χ4n) is 3.20. The van der Waals surface area contributed by atoms with Gasteiger partial charge in [-0.3, -0.25) is 19.3 Å². The zero-order valence-corrected chi connectivity index (χ0v) is 12.0. The summed E-state index contributed by atoms with van der Waals surface area (Å²) < 4.78 is 0. The first-order valence-electron chi connectivity index (χ1n) is 7.05. The number of carbonyl (C=O) groups excluding carboxylic acids is 3. The van der Waals surface area contributed by atoms with Crippen molar-refractivity contribution in [3.8, 4) is 0 Å². The number of fused-ring (bicyclic) bond motifs is 2. The highest BCUT2D eigenvalue weighted by Crippen LogP contribution is 2.37. The standard InChI is InChI=1S/C16H20N2O3/c1-4-7-13-11-10-12(15(20)17(13)8-5-2)16(21)18(9-6-3)14(11)19/h4-6,11-13H,1-3,7-10H2/t11-,12+,13+/m1/s1. The number of imide groups is 1. The second kappa shape index (κ2) is 6.08. The van der Waals surface area contributed by atoms with E-state index in [0.717, 1.165) is 4.90 Å². The van der Waals surface area contributed by atoms with Crippen LogP contribution < -0.4 is 0 Å². The van der Waals surface area contributed by atoms with Crippen LogP contribution in [0.5, 0.6) is 0 Å². The molecule has 5 nitrogen and oxygen atoms in total. The van der Waals surface area contributed by atoms with Gasteiger partial charge in [0.15, 0.2) is 0 Å². The maximum Gasteiger partial charge on any atom is 0.242 e. The quantitative estimate of drug-likeness (QED) is 0.418. The van der Waals surface area contributed by atoms with E-state index in [-0.39, 0.29) is 30.3 Å². The van der Waals surface area contributed by atoms with Crippen molar-refractivity contribution < 1.29 is 14.4 Å². The largest absolute Gasteiger partial charge is 0.334 e. The fourth-order valence-corrected chi connectivity index (χ4v) is 3.20. The Morgan fingerprint density at radius 2 is 1.62 bits per heavy atom. The van der Waals surface area contributed by atoms with Crippen LogP contribution in [0.15, 0.2) is 38.0 Å². The average Bonchev–Trinajstić information content (AvgIpc) is 2.46. The first-order chi connectivity index (χ1) is 10.1. The van der Waals surface area contributed by atoms with Crippen LogP contribution in [0.3, 0.4) is 0 Å². The van der Waals surface area contributed by atoms with Gasteiger partial charge in [-0.1, -0.05) is 18.2 Å². The van der Waals surface area contributed by atoms with E-state index in [2.05, 4.69) is 19.7 Å². The number of piperidine rings is 2. The Morgan fingerprint density at radius 1 is 0.952 bits per heavy atom. The van der Waals surface area contributed by atoms with Gasteiger partial charge >= 0.3 is 0 Å². The van der Waals surface area contributed by atoms with Gasteiger partial charge in [0, 0.05) is 19.1 Å². The molecule has 0 aromatic heterocycles. The molecule has 2 aliphatic rings. The summed E-state index contributed by atoms with van der Waals surface area (Å²) in [7, 11) is 0. The Balaban J connectivity index is 2.39. The number of carbonyl (C=O) groups is 3. The summed E-state index contributed by atoms with van der Waals surface area (Å²) in [6.45, 7) is 11.4. The summed E-state index contributed by atoms with van der Waals surface area (Å²) in [6, 6.07) is -0.253. The lowest BCUT2D eigenvalue weighted by Crippen LogP contribution is -2.64. The Hall–Kier alpha value is -2.17. The zero-order chi connectivity index (χ0) is 15.6. The molecule has 0 aliphatic carbocycles. The first-order valence-corrected chi connectivity index (χ1v) is 7.05. The van der Waals surface area contributed by atoms with Crippen LogP contribution in [0.25, 0.3) is 0 Å². The van der Waals surface area contributed by atoms with Crippen molar-refractivity contribution in [3.63, 3.8) is 0 Å². The van der Waals surface area contributed by atoms with Crippen LogP contribution in [0.1, 0.15) is 12.8 Å². The summed E-state index contributed by atoms with van der Waals surface area (Å²) in [6.07, 6.45) is 5.65. The van der Waals surface area contributed by atoms with Gasteiger partial charge in [-0.2, -0.15) is 0 Å². The second-order valence-corrected chi connectivity index (χ2v) is 5.34. The third-order valence-electron chi connectivity index (χ3n) is 4.13. The smallest absolute Gasteiger partial charge is 0.242 e. The molecule has 0 unspecified atom stereocenters. The summed E-state index contributed by atoms with van der Waals surface area (Å²) >= 11 is 0. The monoisotopic (exact) mass is 288 g/mol. The summed E-state index contributed by atoms with van der Waals surface area (Å²) in [5, 5.41) is 0. The van der Waals surface area contributed by atoms with E-state index in [4.69, 9.17) is 0 Å². The predicted octanol–water partition coefficient (Wildman–Crippen LogP) is 1.14. The third-order valence-corrected chi connectivity index (χ3v) is 4.13. The highest BCUT2D eigenvalue weighted by atomic mass is 16.2. The van der Waals surface area contributed by atoms with Crippen LogP contribution >= 0.6 is 0 Å². The Bertz CT molecular complexity index is 510. The average molecular weight is 288 g/mol. The Labute approximate surface area is 124 Å². The minimum atomic E-state index is -0.756. The van der Waals surface area contributed by atoms with Gasteiger partial charge in [-0.25, -0.2) is 0 Å². The van der Waals surface area contributed by atoms with Crippen LogP contribution in [-0.2, 0) is 14.4 Å². The van der Waals surface area contributed by atoms with Gasteiger partial charge in [-0.05, 0) is 12.8 Å². The molecule has 0 aromatic rings. The van der Waals surface area contributed by atoms with Crippen molar-refractivity contribution in [3.05, 3.63) is 38.0 Å². The van der Waals surface area contributed by atoms with Gasteiger partial charge in [0.1, 0.15) is 5.92 Å². The SMILES string of the molecule is C=CC[C@H]1[C@H]2C[C@H](C(=O)N(CC=C)C2=O)C(=O)N1CC=C. The molecule has 3 amide bonds.